The molecule has 21 heavy (non-hydrogen) atoms. The molecule has 0 bridgehead atoms. The highest BCUT2D eigenvalue weighted by Gasteiger charge is 2.19. The SMILES string of the molecule is C#CCN1CCC(Nc2ccc(Cl)c(C(=O)NC)c2)CC1. The predicted octanol–water partition coefficient (Wildman–Crippen LogP) is 2.21. The van der Waals surface area contributed by atoms with Gasteiger partial charge in [-0.2, -0.15) is 0 Å². The number of nitrogens with one attached hydrogen (secondary N) is 2. The average Bonchev–Trinajstić information content (AvgIpc) is 2.50. The fraction of sp³-hybridized carbons (Fsp3) is 0.438. The quantitative estimate of drug-likeness (QED) is 0.838. The van der Waals surface area contributed by atoms with Gasteiger partial charge in [-0.3, -0.25) is 9.69 Å². The van der Waals surface area contributed by atoms with Gasteiger partial charge in [0, 0.05) is 31.9 Å². The maximum atomic E-state index is 11.7. The molecular formula is C16H20ClN3O. The molecule has 0 aromatic heterocycles. The van der Waals surface area contributed by atoms with Gasteiger partial charge in [0.15, 0.2) is 0 Å². The topological polar surface area (TPSA) is 44.4 Å². The number of likely N-dealkylation sites (tertiary alicyclic amines) is 1. The summed E-state index contributed by atoms with van der Waals surface area (Å²) in [5, 5.41) is 6.53. The smallest absolute Gasteiger partial charge is 0.252 e. The van der Waals surface area contributed by atoms with Crippen LogP contribution in [0.1, 0.15) is 23.2 Å². The standard InChI is InChI=1S/C16H20ClN3O/c1-3-8-20-9-6-12(7-10-20)19-13-4-5-15(17)14(11-13)16(21)18-2/h1,4-5,11-12,19H,6-10H2,2H3,(H,18,21). The van der Waals surface area contributed by atoms with Crippen molar-refractivity contribution in [2.24, 2.45) is 0 Å². The van der Waals surface area contributed by atoms with Crippen molar-refractivity contribution in [2.45, 2.75) is 18.9 Å². The van der Waals surface area contributed by atoms with Crippen molar-refractivity contribution in [1.29, 1.82) is 0 Å². The van der Waals surface area contributed by atoms with Crippen LogP contribution in [0.2, 0.25) is 5.02 Å². The van der Waals surface area contributed by atoms with E-state index in [-0.39, 0.29) is 5.91 Å². The van der Waals surface area contributed by atoms with Crippen LogP contribution in [0.4, 0.5) is 5.69 Å². The Hall–Kier alpha value is -1.70. The number of halogens is 1. The van der Waals surface area contributed by atoms with Gasteiger partial charge in [0.2, 0.25) is 0 Å². The van der Waals surface area contributed by atoms with Gasteiger partial charge in [-0.25, -0.2) is 0 Å². The molecule has 1 fully saturated rings. The van der Waals surface area contributed by atoms with Crippen LogP contribution >= 0.6 is 11.6 Å². The largest absolute Gasteiger partial charge is 0.382 e. The number of benzene rings is 1. The third-order valence-corrected chi connectivity index (χ3v) is 4.04. The molecule has 0 atom stereocenters. The first-order valence-corrected chi connectivity index (χ1v) is 7.46. The van der Waals surface area contributed by atoms with Gasteiger partial charge < -0.3 is 10.6 Å². The minimum atomic E-state index is -0.174. The highest BCUT2D eigenvalue weighted by Crippen LogP contribution is 2.23. The number of rotatable bonds is 4. The fourth-order valence-corrected chi connectivity index (χ4v) is 2.73. The number of carbonyl (C=O) groups excluding carboxylic acids is 1. The molecule has 5 heteroatoms. The van der Waals surface area contributed by atoms with Crippen LogP contribution in [-0.2, 0) is 0 Å². The number of hydrogen-bond acceptors (Lipinski definition) is 3. The van der Waals surface area contributed by atoms with Crippen molar-refractivity contribution in [3.05, 3.63) is 28.8 Å². The second-order valence-electron chi connectivity index (χ2n) is 5.17. The van der Waals surface area contributed by atoms with Crippen molar-refractivity contribution in [3.8, 4) is 12.3 Å². The molecule has 1 aliphatic heterocycles. The summed E-state index contributed by atoms with van der Waals surface area (Å²) in [7, 11) is 1.60. The lowest BCUT2D eigenvalue weighted by atomic mass is 10.0. The van der Waals surface area contributed by atoms with Gasteiger partial charge in [0.25, 0.3) is 5.91 Å². The Bertz CT molecular complexity index is 545. The van der Waals surface area contributed by atoms with Crippen LogP contribution < -0.4 is 10.6 Å². The molecule has 2 rings (SSSR count). The molecule has 4 nitrogen and oxygen atoms in total. The lowest BCUT2D eigenvalue weighted by Gasteiger charge is -2.31. The van der Waals surface area contributed by atoms with Gasteiger partial charge in [-0.1, -0.05) is 17.5 Å². The summed E-state index contributed by atoms with van der Waals surface area (Å²) >= 11 is 6.05. The van der Waals surface area contributed by atoms with Crippen LogP contribution in [0, 0.1) is 12.3 Å². The van der Waals surface area contributed by atoms with E-state index in [1.54, 1.807) is 19.2 Å². The number of nitrogens with zero attached hydrogens (tertiary/aromatic N) is 1. The van der Waals surface area contributed by atoms with Gasteiger partial charge in [0.1, 0.15) is 0 Å². The van der Waals surface area contributed by atoms with Crippen molar-refractivity contribution >= 4 is 23.2 Å². The number of carbonyl (C=O) groups is 1. The van der Waals surface area contributed by atoms with E-state index in [4.69, 9.17) is 18.0 Å². The predicted molar refractivity (Wildman–Crippen MR) is 86.8 cm³/mol. The third-order valence-electron chi connectivity index (χ3n) is 3.71. The van der Waals surface area contributed by atoms with E-state index >= 15 is 0 Å². The zero-order valence-electron chi connectivity index (χ0n) is 12.2. The van der Waals surface area contributed by atoms with E-state index in [1.165, 1.54) is 0 Å². The number of anilines is 1. The van der Waals surface area contributed by atoms with Crippen molar-refractivity contribution in [1.82, 2.24) is 10.2 Å². The number of hydrogen-bond donors (Lipinski definition) is 2. The zero-order valence-corrected chi connectivity index (χ0v) is 12.9. The molecule has 2 N–H and O–H groups in total. The highest BCUT2D eigenvalue weighted by atomic mass is 35.5. The zero-order chi connectivity index (χ0) is 15.2. The summed E-state index contributed by atoms with van der Waals surface area (Å²) in [6, 6.07) is 5.86. The Kier molecular flexibility index (Phi) is 5.49. The van der Waals surface area contributed by atoms with E-state index in [0.29, 0.717) is 23.2 Å². The van der Waals surface area contributed by atoms with E-state index in [1.807, 2.05) is 6.07 Å². The second kappa shape index (κ2) is 7.35. The van der Waals surface area contributed by atoms with Crippen LogP contribution in [-0.4, -0.2) is 43.5 Å². The first kappa shape index (κ1) is 15.7. The molecule has 1 aromatic carbocycles. The molecule has 0 spiro atoms. The first-order valence-electron chi connectivity index (χ1n) is 7.08. The minimum Gasteiger partial charge on any atom is -0.382 e. The fourth-order valence-electron chi connectivity index (χ4n) is 2.52. The summed E-state index contributed by atoms with van der Waals surface area (Å²) in [6.07, 6.45) is 7.41. The number of terminal acetylenes is 1. The molecule has 0 saturated carbocycles. The second-order valence-corrected chi connectivity index (χ2v) is 5.58. The molecule has 1 aromatic rings. The Morgan fingerprint density at radius 2 is 2.19 bits per heavy atom. The molecule has 1 saturated heterocycles. The van der Waals surface area contributed by atoms with Gasteiger partial charge in [0.05, 0.1) is 17.1 Å². The molecule has 112 valence electrons. The van der Waals surface area contributed by atoms with Gasteiger partial charge in [-0.15, -0.1) is 6.42 Å². The van der Waals surface area contributed by atoms with E-state index in [2.05, 4.69) is 21.5 Å². The maximum Gasteiger partial charge on any atom is 0.252 e. The Balaban J connectivity index is 1.98. The summed E-state index contributed by atoms with van der Waals surface area (Å²) in [5.41, 5.74) is 1.42. The number of piperidine rings is 1. The third kappa shape index (κ3) is 4.13. The lowest BCUT2D eigenvalue weighted by molar-refractivity contribution is 0.0963. The Morgan fingerprint density at radius 3 is 2.81 bits per heavy atom. The van der Waals surface area contributed by atoms with Crippen LogP contribution in [0.5, 0.6) is 0 Å². The molecular weight excluding hydrogens is 286 g/mol. The van der Waals surface area contributed by atoms with Gasteiger partial charge >= 0.3 is 0 Å². The van der Waals surface area contributed by atoms with Crippen molar-refractivity contribution in [3.63, 3.8) is 0 Å². The highest BCUT2D eigenvalue weighted by molar-refractivity contribution is 6.34. The summed E-state index contributed by atoms with van der Waals surface area (Å²) in [5.74, 6) is 2.51. The summed E-state index contributed by atoms with van der Waals surface area (Å²) < 4.78 is 0. The van der Waals surface area contributed by atoms with Gasteiger partial charge in [-0.05, 0) is 31.0 Å². The van der Waals surface area contributed by atoms with E-state index < -0.39 is 0 Å². The average molecular weight is 306 g/mol. The van der Waals surface area contributed by atoms with Crippen molar-refractivity contribution in [2.75, 3.05) is 32.0 Å². The molecule has 0 unspecified atom stereocenters. The van der Waals surface area contributed by atoms with Crippen LogP contribution in [0.15, 0.2) is 18.2 Å². The molecule has 1 heterocycles. The van der Waals surface area contributed by atoms with Crippen LogP contribution in [0.25, 0.3) is 0 Å². The van der Waals surface area contributed by atoms with Crippen LogP contribution in [0.3, 0.4) is 0 Å². The molecule has 1 amide bonds. The number of amides is 1. The van der Waals surface area contributed by atoms with Crippen molar-refractivity contribution < 1.29 is 4.79 Å². The summed E-state index contributed by atoms with van der Waals surface area (Å²) in [6.45, 7) is 2.71. The minimum absolute atomic E-state index is 0.174. The maximum absolute atomic E-state index is 11.7. The normalized spacial score (nSPS) is 16.2. The monoisotopic (exact) mass is 305 g/mol. The first-order chi connectivity index (χ1) is 10.1. The lowest BCUT2D eigenvalue weighted by Crippen LogP contribution is -2.39. The van der Waals surface area contributed by atoms with E-state index in [0.717, 1.165) is 31.6 Å². The molecule has 0 aliphatic carbocycles. The molecule has 1 aliphatic rings. The summed E-state index contributed by atoms with van der Waals surface area (Å²) in [4.78, 5) is 14.0. The Labute approximate surface area is 130 Å². The Morgan fingerprint density at radius 1 is 1.48 bits per heavy atom. The van der Waals surface area contributed by atoms with E-state index in [9.17, 15) is 4.79 Å². The molecule has 0 radical (unpaired) electrons.